The number of aryl methyl sites for hydroxylation is 2. The lowest BCUT2D eigenvalue weighted by molar-refractivity contribution is 0.0474. The monoisotopic (exact) mass is 397 g/mol. The Kier molecular flexibility index (Phi) is 6.42. The lowest BCUT2D eigenvalue weighted by Crippen LogP contribution is -2.14. The third-order valence-electron chi connectivity index (χ3n) is 3.85. The Morgan fingerprint density at radius 3 is 2.30 bits per heavy atom. The van der Waals surface area contributed by atoms with Crippen molar-refractivity contribution in [2.24, 2.45) is 0 Å². The first-order chi connectivity index (χ1) is 13.0. The summed E-state index contributed by atoms with van der Waals surface area (Å²) in [5.74, 6) is 0.0790. The van der Waals surface area contributed by atoms with Crippen molar-refractivity contribution < 1.29 is 14.3 Å². The number of Topliss-reactive ketones (excluding diaryl/α,β-unsaturated/α-hetero) is 1. The summed E-state index contributed by atoms with van der Waals surface area (Å²) in [7, 11) is 0. The maximum absolute atomic E-state index is 12.1. The van der Waals surface area contributed by atoms with Gasteiger partial charge >= 0.3 is 5.97 Å². The molecule has 0 radical (unpaired) electrons. The van der Waals surface area contributed by atoms with E-state index in [1.54, 1.807) is 47.4 Å². The fourth-order valence-electron chi connectivity index (χ4n) is 2.36. The second kappa shape index (κ2) is 8.97. The molecule has 6 heteroatoms. The van der Waals surface area contributed by atoms with Crippen LogP contribution in [-0.2, 0) is 10.5 Å². The van der Waals surface area contributed by atoms with Gasteiger partial charge in [0.05, 0.1) is 16.3 Å². The van der Waals surface area contributed by atoms with Crippen LogP contribution in [0.4, 0.5) is 0 Å². The first-order valence-corrected chi connectivity index (χ1v) is 10.3. The normalized spacial score (nSPS) is 10.6. The van der Waals surface area contributed by atoms with E-state index >= 15 is 0 Å². The van der Waals surface area contributed by atoms with Gasteiger partial charge in [-0.15, -0.1) is 23.1 Å². The molecule has 0 bridgehead atoms. The van der Waals surface area contributed by atoms with Crippen LogP contribution in [0.3, 0.4) is 0 Å². The van der Waals surface area contributed by atoms with Crippen LogP contribution in [0.25, 0.3) is 0 Å². The van der Waals surface area contributed by atoms with Gasteiger partial charge in [-0.25, -0.2) is 9.78 Å². The number of thiazole rings is 1. The van der Waals surface area contributed by atoms with Crippen LogP contribution in [0, 0.1) is 13.8 Å². The van der Waals surface area contributed by atoms with Crippen molar-refractivity contribution in [3.63, 3.8) is 0 Å². The minimum absolute atomic E-state index is 0.214. The molecule has 3 rings (SSSR count). The molecule has 3 aromatic rings. The highest BCUT2D eigenvalue weighted by Gasteiger charge is 2.12. The van der Waals surface area contributed by atoms with Crippen molar-refractivity contribution in [2.75, 3.05) is 6.61 Å². The summed E-state index contributed by atoms with van der Waals surface area (Å²) < 4.78 is 5.14. The van der Waals surface area contributed by atoms with Gasteiger partial charge in [-0.3, -0.25) is 4.79 Å². The van der Waals surface area contributed by atoms with E-state index < -0.39 is 5.97 Å². The molecule has 0 saturated carbocycles. The van der Waals surface area contributed by atoms with Gasteiger partial charge < -0.3 is 4.74 Å². The zero-order valence-corrected chi connectivity index (χ0v) is 16.7. The third-order valence-corrected chi connectivity index (χ3v) is 5.72. The average molecular weight is 398 g/mol. The predicted molar refractivity (Wildman–Crippen MR) is 109 cm³/mol. The third kappa shape index (κ3) is 5.52. The van der Waals surface area contributed by atoms with Crippen LogP contribution in [0.15, 0.2) is 58.8 Å². The molecular weight excluding hydrogens is 378 g/mol. The number of nitrogens with zero attached hydrogens (tertiary/aromatic N) is 1. The van der Waals surface area contributed by atoms with Crippen LogP contribution in [0.5, 0.6) is 0 Å². The van der Waals surface area contributed by atoms with Crippen molar-refractivity contribution in [1.29, 1.82) is 0 Å². The molecule has 0 aliphatic heterocycles. The summed E-state index contributed by atoms with van der Waals surface area (Å²) in [5, 5.41) is 3.11. The zero-order valence-electron chi connectivity index (χ0n) is 15.1. The molecule has 0 atom stereocenters. The molecular formula is C21H19NO3S2. The van der Waals surface area contributed by atoms with Crippen LogP contribution < -0.4 is 0 Å². The summed E-state index contributed by atoms with van der Waals surface area (Å²) >= 11 is 3.30. The second-order valence-corrected chi connectivity index (χ2v) is 8.15. The first-order valence-electron chi connectivity index (χ1n) is 8.42. The standard InChI is InChI=1S/C21H19NO3S2/c1-14-3-5-16(6-4-14)20(23)11-25-21(24)17-7-9-19(10-8-17)27-13-18-12-26-15(2)22-18/h3-10,12H,11,13H2,1-2H3. The van der Waals surface area contributed by atoms with Crippen LogP contribution in [0.1, 0.15) is 37.0 Å². The van der Waals surface area contributed by atoms with E-state index in [2.05, 4.69) is 10.4 Å². The van der Waals surface area contributed by atoms with Crippen LogP contribution in [-0.4, -0.2) is 23.3 Å². The maximum Gasteiger partial charge on any atom is 0.338 e. The number of hydrogen-bond donors (Lipinski definition) is 0. The summed E-state index contributed by atoms with van der Waals surface area (Å²) in [6.45, 7) is 3.68. The van der Waals surface area contributed by atoms with E-state index in [1.807, 2.05) is 38.1 Å². The topological polar surface area (TPSA) is 56.3 Å². The molecule has 27 heavy (non-hydrogen) atoms. The lowest BCUT2D eigenvalue weighted by Gasteiger charge is -2.06. The summed E-state index contributed by atoms with van der Waals surface area (Å²) in [4.78, 5) is 29.7. The van der Waals surface area contributed by atoms with E-state index in [0.717, 1.165) is 26.9 Å². The van der Waals surface area contributed by atoms with Gasteiger partial charge in [0.1, 0.15) is 0 Å². The highest BCUT2D eigenvalue weighted by atomic mass is 32.2. The van der Waals surface area contributed by atoms with Crippen molar-refractivity contribution >= 4 is 34.9 Å². The van der Waals surface area contributed by atoms with Gasteiger partial charge in [0.25, 0.3) is 0 Å². The summed E-state index contributed by atoms with van der Waals surface area (Å²) in [6, 6.07) is 14.4. The van der Waals surface area contributed by atoms with Gasteiger partial charge in [0, 0.05) is 21.6 Å². The number of ether oxygens (including phenoxy) is 1. The molecule has 1 heterocycles. The molecule has 1 aromatic heterocycles. The number of carbonyl (C=O) groups excluding carboxylic acids is 2. The molecule has 0 spiro atoms. The molecule has 0 aliphatic rings. The van der Waals surface area contributed by atoms with Gasteiger partial charge in [-0.05, 0) is 38.1 Å². The molecule has 2 aromatic carbocycles. The minimum Gasteiger partial charge on any atom is -0.454 e. The Morgan fingerprint density at radius 1 is 1.00 bits per heavy atom. The smallest absolute Gasteiger partial charge is 0.338 e. The fourth-order valence-corrected chi connectivity index (χ4v) is 3.87. The number of hydrogen-bond acceptors (Lipinski definition) is 6. The van der Waals surface area contributed by atoms with E-state index in [1.165, 1.54) is 0 Å². The molecule has 0 N–H and O–H groups in total. The Labute approximate surface area is 166 Å². The molecule has 4 nitrogen and oxygen atoms in total. The number of ketones is 1. The van der Waals surface area contributed by atoms with Gasteiger partial charge in [0.15, 0.2) is 12.4 Å². The highest BCUT2D eigenvalue weighted by molar-refractivity contribution is 7.98. The first kappa shape index (κ1) is 19.3. The Bertz CT molecular complexity index is 931. The van der Waals surface area contributed by atoms with Crippen molar-refractivity contribution in [1.82, 2.24) is 4.98 Å². The SMILES string of the molecule is Cc1ccc(C(=O)COC(=O)c2ccc(SCc3csc(C)n3)cc2)cc1. The van der Waals surface area contributed by atoms with E-state index in [-0.39, 0.29) is 12.4 Å². The average Bonchev–Trinajstić information content (AvgIpc) is 3.10. The second-order valence-electron chi connectivity index (χ2n) is 6.04. The Morgan fingerprint density at radius 2 is 1.67 bits per heavy atom. The van der Waals surface area contributed by atoms with E-state index in [0.29, 0.717) is 11.1 Å². The van der Waals surface area contributed by atoms with Crippen molar-refractivity contribution in [3.8, 4) is 0 Å². The molecule has 0 aliphatic carbocycles. The number of carbonyl (C=O) groups is 2. The van der Waals surface area contributed by atoms with Crippen LogP contribution >= 0.6 is 23.1 Å². The quantitative estimate of drug-likeness (QED) is 0.316. The van der Waals surface area contributed by atoms with Gasteiger partial charge in [-0.1, -0.05) is 29.8 Å². The number of esters is 1. The van der Waals surface area contributed by atoms with E-state index in [4.69, 9.17) is 4.74 Å². The Hall–Kier alpha value is -2.44. The number of thioether (sulfide) groups is 1. The summed E-state index contributed by atoms with van der Waals surface area (Å²) in [6.07, 6.45) is 0. The number of benzene rings is 2. The molecule has 0 fully saturated rings. The summed E-state index contributed by atoms with van der Waals surface area (Å²) in [5.41, 5.74) is 3.10. The van der Waals surface area contributed by atoms with Crippen molar-refractivity contribution in [3.05, 3.63) is 81.3 Å². The minimum atomic E-state index is -0.498. The molecule has 0 unspecified atom stereocenters. The van der Waals surface area contributed by atoms with Gasteiger partial charge in [-0.2, -0.15) is 0 Å². The number of aromatic nitrogens is 1. The van der Waals surface area contributed by atoms with Gasteiger partial charge in [0.2, 0.25) is 0 Å². The fraction of sp³-hybridized carbons (Fsp3) is 0.190. The predicted octanol–water partition coefficient (Wildman–Crippen LogP) is 5.09. The Balaban J connectivity index is 1.51. The van der Waals surface area contributed by atoms with E-state index in [9.17, 15) is 9.59 Å². The molecule has 0 amide bonds. The number of rotatable bonds is 7. The van der Waals surface area contributed by atoms with Crippen molar-refractivity contribution in [2.45, 2.75) is 24.5 Å². The highest BCUT2D eigenvalue weighted by Crippen LogP contribution is 2.24. The van der Waals surface area contributed by atoms with Crippen LogP contribution in [0.2, 0.25) is 0 Å². The lowest BCUT2D eigenvalue weighted by atomic mass is 10.1. The maximum atomic E-state index is 12.1. The zero-order chi connectivity index (χ0) is 19.2. The molecule has 138 valence electrons. The molecule has 0 saturated heterocycles. The largest absolute Gasteiger partial charge is 0.454 e.